The lowest BCUT2D eigenvalue weighted by Gasteiger charge is -2.13. The summed E-state index contributed by atoms with van der Waals surface area (Å²) in [6.45, 7) is 1.89. The predicted octanol–water partition coefficient (Wildman–Crippen LogP) is 11.4. The number of benzene rings is 7. The zero-order valence-corrected chi connectivity index (χ0v) is 29.0. The Labute approximate surface area is 298 Å². The van der Waals surface area contributed by atoms with Gasteiger partial charge in [-0.25, -0.2) is 9.97 Å². The van der Waals surface area contributed by atoms with Gasteiger partial charge in [0.2, 0.25) is 0 Å². The summed E-state index contributed by atoms with van der Waals surface area (Å²) in [5, 5.41) is 1.89. The first-order valence-electron chi connectivity index (χ1n) is 17.2. The van der Waals surface area contributed by atoms with E-state index in [-0.39, 0.29) is 0 Å². The second kappa shape index (κ2) is 12.6. The third-order valence-corrected chi connectivity index (χ3v) is 12.4. The van der Waals surface area contributed by atoms with E-state index in [0.29, 0.717) is 5.82 Å². The van der Waals surface area contributed by atoms with Gasteiger partial charge in [-0.1, -0.05) is 164 Å². The molecule has 8 aromatic rings. The Morgan fingerprint density at radius 1 is 0.373 bits per heavy atom. The topological polar surface area (TPSA) is 42.9 Å². The third-order valence-electron chi connectivity index (χ3n) is 9.85. The zero-order chi connectivity index (χ0) is 34.4. The number of nitrogens with zero attached hydrogens (tertiary/aromatic N) is 2. The fourth-order valence-corrected chi connectivity index (χ4v) is 9.57. The Morgan fingerprint density at radius 3 is 1.57 bits per heavy atom. The number of hydrogen-bond acceptors (Lipinski definition) is 3. The van der Waals surface area contributed by atoms with E-state index in [0.717, 1.165) is 72.1 Å². The standard InChI is InChI=1S/C47H33N2OP/c1-51(50)44-23-9-8-21-41(44)46-40(22-12-24-45(46)51)38-19-10-17-36(29-38)37-18-11-20-39(30-37)43-31-42(48-47(49-43)35-15-6-3-7-16-35)34-27-25-33(26-28-34)32-13-4-2-5-14-32/h2-31H,1H3. The van der Waals surface area contributed by atoms with Crippen LogP contribution in [0.15, 0.2) is 182 Å². The molecule has 4 heteroatoms. The summed E-state index contributed by atoms with van der Waals surface area (Å²) in [6.07, 6.45) is 0. The van der Waals surface area contributed by atoms with E-state index in [1.54, 1.807) is 0 Å². The molecule has 2 heterocycles. The summed E-state index contributed by atoms with van der Waals surface area (Å²) >= 11 is 0. The lowest BCUT2D eigenvalue weighted by atomic mass is 9.92. The molecule has 3 nitrogen and oxygen atoms in total. The molecule has 1 atom stereocenters. The summed E-state index contributed by atoms with van der Waals surface area (Å²) in [6, 6.07) is 62.9. The van der Waals surface area contributed by atoms with Gasteiger partial charge in [0.05, 0.1) is 11.4 Å². The minimum Gasteiger partial charge on any atom is -0.314 e. The maximum Gasteiger partial charge on any atom is 0.160 e. The van der Waals surface area contributed by atoms with Crippen LogP contribution in [0.1, 0.15) is 0 Å². The molecule has 1 aromatic heterocycles. The average molecular weight is 673 g/mol. The molecule has 242 valence electrons. The van der Waals surface area contributed by atoms with Crippen molar-refractivity contribution in [1.29, 1.82) is 0 Å². The van der Waals surface area contributed by atoms with E-state index in [9.17, 15) is 4.57 Å². The number of aromatic nitrogens is 2. The molecule has 0 aliphatic carbocycles. The van der Waals surface area contributed by atoms with Gasteiger partial charge in [-0.2, -0.15) is 0 Å². The Kier molecular flexibility index (Phi) is 7.64. The van der Waals surface area contributed by atoms with Crippen LogP contribution >= 0.6 is 7.14 Å². The molecule has 0 amide bonds. The van der Waals surface area contributed by atoms with Crippen molar-refractivity contribution in [2.24, 2.45) is 0 Å². The molecule has 0 N–H and O–H groups in total. The van der Waals surface area contributed by atoms with E-state index in [4.69, 9.17) is 9.97 Å². The van der Waals surface area contributed by atoms with Gasteiger partial charge in [-0.3, -0.25) is 0 Å². The first kappa shape index (κ1) is 30.9. The molecule has 1 unspecified atom stereocenters. The summed E-state index contributed by atoms with van der Waals surface area (Å²) in [5.41, 5.74) is 13.7. The highest BCUT2D eigenvalue weighted by molar-refractivity contribution is 7.79. The number of fused-ring (bicyclic) bond motifs is 3. The van der Waals surface area contributed by atoms with Crippen LogP contribution in [-0.2, 0) is 4.57 Å². The normalized spacial score (nSPS) is 14.5. The summed E-state index contributed by atoms with van der Waals surface area (Å²) in [5.74, 6) is 0.689. The Morgan fingerprint density at radius 2 is 0.843 bits per heavy atom. The van der Waals surface area contributed by atoms with Gasteiger partial charge in [0, 0.05) is 32.9 Å². The van der Waals surface area contributed by atoms with Crippen molar-refractivity contribution in [2.75, 3.05) is 6.66 Å². The van der Waals surface area contributed by atoms with Gasteiger partial charge < -0.3 is 4.57 Å². The highest BCUT2D eigenvalue weighted by Crippen LogP contribution is 2.52. The van der Waals surface area contributed by atoms with Crippen molar-refractivity contribution in [3.05, 3.63) is 182 Å². The Hall–Kier alpha value is -6.15. The van der Waals surface area contributed by atoms with Crippen molar-refractivity contribution >= 4 is 17.8 Å². The molecule has 9 rings (SSSR count). The van der Waals surface area contributed by atoms with E-state index in [1.165, 1.54) is 11.1 Å². The zero-order valence-electron chi connectivity index (χ0n) is 28.1. The van der Waals surface area contributed by atoms with Crippen LogP contribution in [0, 0.1) is 0 Å². The molecule has 0 radical (unpaired) electrons. The van der Waals surface area contributed by atoms with Gasteiger partial charge in [0.25, 0.3) is 0 Å². The van der Waals surface area contributed by atoms with Gasteiger partial charge in [0.1, 0.15) is 7.14 Å². The summed E-state index contributed by atoms with van der Waals surface area (Å²) < 4.78 is 14.0. The van der Waals surface area contributed by atoms with Gasteiger partial charge in [0.15, 0.2) is 5.82 Å². The monoisotopic (exact) mass is 672 g/mol. The van der Waals surface area contributed by atoms with Crippen molar-refractivity contribution in [2.45, 2.75) is 0 Å². The van der Waals surface area contributed by atoms with Gasteiger partial charge >= 0.3 is 0 Å². The first-order chi connectivity index (χ1) is 25.0. The van der Waals surface area contributed by atoms with Crippen molar-refractivity contribution in [1.82, 2.24) is 9.97 Å². The van der Waals surface area contributed by atoms with Crippen LogP contribution in [0.5, 0.6) is 0 Å². The molecule has 1 aliphatic rings. The fraction of sp³-hybridized carbons (Fsp3) is 0.0213. The van der Waals surface area contributed by atoms with Crippen LogP contribution < -0.4 is 10.6 Å². The van der Waals surface area contributed by atoms with E-state index >= 15 is 0 Å². The third kappa shape index (κ3) is 5.62. The maximum atomic E-state index is 14.0. The largest absolute Gasteiger partial charge is 0.314 e. The van der Waals surface area contributed by atoms with Crippen molar-refractivity contribution in [3.63, 3.8) is 0 Å². The molecule has 51 heavy (non-hydrogen) atoms. The quantitative estimate of drug-likeness (QED) is 0.165. The molecular weight excluding hydrogens is 640 g/mol. The summed E-state index contributed by atoms with van der Waals surface area (Å²) in [7, 11) is -2.66. The molecule has 1 aliphatic heterocycles. The number of hydrogen-bond donors (Lipinski definition) is 0. The maximum absolute atomic E-state index is 14.0. The van der Waals surface area contributed by atoms with Crippen LogP contribution in [0.25, 0.3) is 78.4 Å². The lowest BCUT2D eigenvalue weighted by molar-refractivity contribution is 0.591. The lowest BCUT2D eigenvalue weighted by Crippen LogP contribution is -2.07. The molecular formula is C47H33N2OP. The van der Waals surface area contributed by atoms with Crippen molar-refractivity contribution < 1.29 is 4.57 Å². The summed E-state index contributed by atoms with van der Waals surface area (Å²) in [4.78, 5) is 10.2. The minimum atomic E-state index is -2.66. The Bertz CT molecular complexity index is 2610. The molecule has 7 aromatic carbocycles. The first-order valence-corrected chi connectivity index (χ1v) is 19.3. The molecule has 0 spiro atoms. The second-order valence-corrected chi connectivity index (χ2v) is 15.9. The van der Waals surface area contributed by atoms with Crippen LogP contribution in [0.3, 0.4) is 0 Å². The van der Waals surface area contributed by atoms with Crippen LogP contribution in [-0.4, -0.2) is 16.6 Å². The van der Waals surface area contributed by atoms with Gasteiger partial charge in [-0.05, 0) is 63.8 Å². The van der Waals surface area contributed by atoms with E-state index < -0.39 is 7.14 Å². The van der Waals surface area contributed by atoms with Crippen molar-refractivity contribution in [3.8, 4) is 78.4 Å². The molecule has 0 bridgehead atoms. The Balaban J connectivity index is 1.12. The highest BCUT2D eigenvalue weighted by Gasteiger charge is 2.35. The van der Waals surface area contributed by atoms with E-state index in [2.05, 4.69) is 127 Å². The molecule has 0 saturated carbocycles. The SMILES string of the molecule is CP1(=O)c2ccccc2-c2c(-c3cccc(-c4cccc(-c5cc(-c6ccc(-c7ccccc7)cc6)nc(-c6ccccc6)n5)c4)c3)cccc21. The van der Waals surface area contributed by atoms with E-state index in [1.807, 2.05) is 61.3 Å². The average Bonchev–Trinajstić information content (AvgIpc) is 3.44. The molecule has 0 saturated heterocycles. The molecule has 0 fully saturated rings. The highest BCUT2D eigenvalue weighted by atomic mass is 31.2. The predicted molar refractivity (Wildman–Crippen MR) is 213 cm³/mol. The second-order valence-electron chi connectivity index (χ2n) is 13.1. The fourth-order valence-electron chi connectivity index (χ4n) is 7.25. The number of rotatable bonds is 6. The van der Waals surface area contributed by atoms with Crippen LogP contribution in [0.2, 0.25) is 0 Å². The smallest absolute Gasteiger partial charge is 0.160 e. The van der Waals surface area contributed by atoms with Gasteiger partial charge in [-0.15, -0.1) is 0 Å². The van der Waals surface area contributed by atoms with Crippen LogP contribution in [0.4, 0.5) is 0 Å². The minimum absolute atomic E-state index is 0.689.